The summed E-state index contributed by atoms with van der Waals surface area (Å²) in [5.74, 6) is 0.157. The Morgan fingerprint density at radius 1 is 1.12 bits per heavy atom. The van der Waals surface area contributed by atoms with Crippen LogP contribution in [-0.2, 0) is 6.42 Å². The van der Waals surface area contributed by atoms with Crippen molar-refractivity contribution in [3.63, 3.8) is 0 Å². The van der Waals surface area contributed by atoms with Crippen LogP contribution in [0.15, 0.2) is 53.3 Å². The fraction of sp³-hybridized carbons (Fsp3) is 0.214. The van der Waals surface area contributed by atoms with Crippen molar-refractivity contribution in [1.82, 2.24) is 0 Å². The Morgan fingerprint density at radius 2 is 1.94 bits per heavy atom. The zero-order chi connectivity index (χ0) is 11.2. The minimum atomic E-state index is 0.157. The van der Waals surface area contributed by atoms with Gasteiger partial charge in [0.15, 0.2) is 5.78 Å². The number of Topliss-reactive ketones (excluding diaryl/α,β-unsaturated/α-hetero) is 1. The highest BCUT2D eigenvalue weighted by Crippen LogP contribution is 2.09. The number of aryl methyl sites for hydroxylation is 1. The molecule has 0 atom stereocenters. The number of carbonyl (C=O) groups excluding carboxylic acids is 1. The van der Waals surface area contributed by atoms with Crippen molar-refractivity contribution < 1.29 is 9.21 Å². The molecule has 2 aromatic rings. The number of benzene rings is 1. The molecule has 0 radical (unpaired) electrons. The summed E-state index contributed by atoms with van der Waals surface area (Å²) < 4.78 is 4.88. The van der Waals surface area contributed by atoms with E-state index in [1.165, 1.54) is 18.1 Å². The lowest BCUT2D eigenvalue weighted by Gasteiger charge is -1.99. The Kier molecular flexibility index (Phi) is 3.54. The molecule has 0 saturated carbocycles. The van der Waals surface area contributed by atoms with E-state index in [1.807, 2.05) is 18.2 Å². The lowest BCUT2D eigenvalue weighted by molar-refractivity contribution is 0.0979. The second-order valence-corrected chi connectivity index (χ2v) is 3.77. The van der Waals surface area contributed by atoms with E-state index in [1.54, 1.807) is 6.07 Å². The van der Waals surface area contributed by atoms with E-state index in [-0.39, 0.29) is 5.78 Å². The van der Waals surface area contributed by atoms with E-state index in [0.717, 1.165) is 12.8 Å². The summed E-state index contributed by atoms with van der Waals surface area (Å²) in [7, 11) is 0. The Bertz CT molecular complexity index is 429. The molecule has 82 valence electrons. The van der Waals surface area contributed by atoms with Gasteiger partial charge in [0.1, 0.15) is 6.26 Å². The average molecular weight is 214 g/mol. The number of rotatable bonds is 5. The molecule has 16 heavy (non-hydrogen) atoms. The van der Waals surface area contributed by atoms with Crippen molar-refractivity contribution in [2.45, 2.75) is 19.3 Å². The second-order valence-electron chi connectivity index (χ2n) is 3.77. The normalized spacial score (nSPS) is 10.2. The van der Waals surface area contributed by atoms with Crippen molar-refractivity contribution in [3.05, 3.63) is 60.1 Å². The smallest absolute Gasteiger partial charge is 0.166 e. The lowest BCUT2D eigenvalue weighted by atomic mass is 10.0. The first kappa shape index (κ1) is 10.7. The number of furan rings is 1. The molecule has 0 aliphatic carbocycles. The summed E-state index contributed by atoms with van der Waals surface area (Å²) in [6, 6.07) is 11.9. The minimum absolute atomic E-state index is 0.157. The van der Waals surface area contributed by atoms with Gasteiger partial charge in [-0.1, -0.05) is 30.3 Å². The summed E-state index contributed by atoms with van der Waals surface area (Å²) >= 11 is 0. The molecule has 0 fully saturated rings. The molecule has 2 rings (SSSR count). The molecule has 1 aromatic carbocycles. The van der Waals surface area contributed by atoms with Gasteiger partial charge in [0, 0.05) is 6.42 Å². The molecular formula is C14H14O2. The van der Waals surface area contributed by atoms with Crippen molar-refractivity contribution in [2.24, 2.45) is 0 Å². The van der Waals surface area contributed by atoms with Gasteiger partial charge in [-0.25, -0.2) is 0 Å². The van der Waals surface area contributed by atoms with Gasteiger partial charge in [0.2, 0.25) is 0 Å². The quantitative estimate of drug-likeness (QED) is 0.713. The first-order valence-electron chi connectivity index (χ1n) is 5.45. The maximum atomic E-state index is 11.6. The van der Waals surface area contributed by atoms with Gasteiger partial charge < -0.3 is 4.42 Å². The van der Waals surface area contributed by atoms with Crippen LogP contribution in [0.5, 0.6) is 0 Å². The summed E-state index contributed by atoms with van der Waals surface area (Å²) in [4.78, 5) is 11.6. The second kappa shape index (κ2) is 5.31. The van der Waals surface area contributed by atoms with Crippen LogP contribution >= 0.6 is 0 Å². The van der Waals surface area contributed by atoms with Crippen molar-refractivity contribution in [3.8, 4) is 0 Å². The average Bonchev–Trinajstić information content (AvgIpc) is 2.84. The number of hydrogen-bond acceptors (Lipinski definition) is 2. The van der Waals surface area contributed by atoms with E-state index in [9.17, 15) is 4.79 Å². The van der Waals surface area contributed by atoms with E-state index in [0.29, 0.717) is 12.0 Å². The topological polar surface area (TPSA) is 30.2 Å². The predicted molar refractivity (Wildman–Crippen MR) is 62.4 cm³/mol. The van der Waals surface area contributed by atoms with Gasteiger partial charge in [0.25, 0.3) is 0 Å². The first-order chi connectivity index (χ1) is 7.86. The van der Waals surface area contributed by atoms with Crippen molar-refractivity contribution in [1.29, 1.82) is 0 Å². The molecule has 1 aromatic heterocycles. The highest BCUT2D eigenvalue weighted by molar-refractivity contribution is 5.95. The molecule has 2 heteroatoms. The summed E-state index contributed by atoms with van der Waals surface area (Å²) in [6.07, 6.45) is 5.45. The van der Waals surface area contributed by atoms with Gasteiger partial charge in [-0.2, -0.15) is 0 Å². The molecular weight excluding hydrogens is 200 g/mol. The molecule has 0 saturated heterocycles. The van der Waals surface area contributed by atoms with Gasteiger partial charge in [-0.15, -0.1) is 0 Å². The predicted octanol–water partition coefficient (Wildman–Crippen LogP) is 3.49. The SMILES string of the molecule is O=C(CCCc1ccccc1)c1ccoc1. The number of hydrogen-bond donors (Lipinski definition) is 0. The highest BCUT2D eigenvalue weighted by atomic mass is 16.3. The first-order valence-corrected chi connectivity index (χ1v) is 5.45. The summed E-state index contributed by atoms with van der Waals surface area (Å²) in [6.45, 7) is 0. The number of ketones is 1. The standard InChI is InChI=1S/C14H14O2/c15-14(13-9-10-16-11-13)8-4-7-12-5-2-1-3-6-12/h1-3,5-6,9-11H,4,7-8H2. The van der Waals surface area contributed by atoms with Gasteiger partial charge in [0.05, 0.1) is 11.8 Å². The molecule has 0 N–H and O–H groups in total. The van der Waals surface area contributed by atoms with E-state index >= 15 is 0 Å². The van der Waals surface area contributed by atoms with Crippen LogP contribution in [0, 0.1) is 0 Å². The molecule has 0 aliphatic rings. The monoisotopic (exact) mass is 214 g/mol. The third-order valence-corrected chi connectivity index (χ3v) is 2.56. The zero-order valence-corrected chi connectivity index (χ0v) is 9.06. The third kappa shape index (κ3) is 2.83. The van der Waals surface area contributed by atoms with Crippen molar-refractivity contribution >= 4 is 5.78 Å². The Morgan fingerprint density at radius 3 is 2.62 bits per heavy atom. The van der Waals surface area contributed by atoms with Crippen molar-refractivity contribution in [2.75, 3.05) is 0 Å². The zero-order valence-electron chi connectivity index (χ0n) is 9.06. The van der Waals surface area contributed by atoms with E-state index in [2.05, 4.69) is 12.1 Å². The van der Waals surface area contributed by atoms with Crippen LogP contribution in [0.3, 0.4) is 0 Å². The molecule has 0 unspecified atom stereocenters. The Hall–Kier alpha value is -1.83. The Labute approximate surface area is 94.9 Å². The largest absolute Gasteiger partial charge is 0.472 e. The molecule has 0 bridgehead atoms. The van der Waals surface area contributed by atoms with Gasteiger partial charge in [-0.05, 0) is 24.5 Å². The number of carbonyl (C=O) groups is 1. The summed E-state index contributed by atoms with van der Waals surface area (Å²) in [5, 5.41) is 0. The maximum absolute atomic E-state index is 11.6. The van der Waals surface area contributed by atoms with Crippen LogP contribution in [0.2, 0.25) is 0 Å². The lowest BCUT2D eigenvalue weighted by Crippen LogP contribution is -1.98. The third-order valence-electron chi connectivity index (χ3n) is 2.56. The minimum Gasteiger partial charge on any atom is -0.472 e. The van der Waals surface area contributed by atoms with Crippen LogP contribution in [0.1, 0.15) is 28.8 Å². The molecule has 2 nitrogen and oxygen atoms in total. The fourth-order valence-corrected chi connectivity index (χ4v) is 1.67. The summed E-state index contributed by atoms with van der Waals surface area (Å²) in [5.41, 5.74) is 1.95. The van der Waals surface area contributed by atoms with Crippen LogP contribution in [0.25, 0.3) is 0 Å². The van der Waals surface area contributed by atoms with E-state index in [4.69, 9.17) is 4.42 Å². The highest BCUT2D eigenvalue weighted by Gasteiger charge is 2.06. The maximum Gasteiger partial charge on any atom is 0.166 e. The molecule has 0 spiro atoms. The van der Waals surface area contributed by atoms with E-state index < -0.39 is 0 Å². The van der Waals surface area contributed by atoms with Crippen LogP contribution in [-0.4, -0.2) is 5.78 Å². The molecule has 0 aliphatic heterocycles. The van der Waals surface area contributed by atoms with Crippen LogP contribution in [0.4, 0.5) is 0 Å². The van der Waals surface area contributed by atoms with Gasteiger partial charge >= 0.3 is 0 Å². The molecule has 1 heterocycles. The van der Waals surface area contributed by atoms with Gasteiger partial charge in [-0.3, -0.25) is 4.79 Å². The fourth-order valence-electron chi connectivity index (χ4n) is 1.67. The molecule has 0 amide bonds. The van der Waals surface area contributed by atoms with Crippen LogP contribution < -0.4 is 0 Å². The Balaban J connectivity index is 1.79.